The maximum Gasteiger partial charge on any atom is 0.0641 e. The van der Waals surface area contributed by atoms with E-state index in [9.17, 15) is 0 Å². The van der Waals surface area contributed by atoms with Crippen LogP contribution in [0.1, 0.15) is 18.4 Å². The van der Waals surface area contributed by atoms with Gasteiger partial charge in [0, 0.05) is 18.2 Å². The van der Waals surface area contributed by atoms with Gasteiger partial charge in [0.05, 0.1) is 16.8 Å². The second-order valence-corrected chi connectivity index (χ2v) is 5.07. The van der Waals surface area contributed by atoms with Crippen LogP contribution in [0.3, 0.4) is 0 Å². The highest BCUT2D eigenvalue weighted by atomic mass is 35.5. The molecule has 1 aromatic carbocycles. The van der Waals surface area contributed by atoms with Gasteiger partial charge in [-0.15, -0.1) is 0 Å². The van der Waals surface area contributed by atoms with Crippen molar-refractivity contribution < 1.29 is 4.74 Å². The molecule has 0 heterocycles. The number of anilines is 1. The first-order valence-electron chi connectivity index (χ1n) is 5.35. The van der Waals surface area contributed by atoms with Crippen LogP contribution in [0.4, 0.5) is 5.69 Å². The Morgan fingerprint density at radius 3 is 2.56 bits per heavy atom. The van der Waals surface area contributed by atoms with E-state index in [2.05, 4.69) is 5.32 Å². The molecule has 0 radical (unpaired) electrons. The van der Waals surface area contributed by atoms with Gasteiger partial charge in [0.1, 0.15) is 0 Å². The van der Waals surface area contributed by atoms with Crippen molar-refractivity contribution in [3.63, 3.8) is 0 Å². The van der Waals surface area contributed by atoms with Gasteiger partial charge in [-0.1, -0.05) is 23.2 Å². The normalized spacial score (nSPS) is 24.0. The lowest BCUT2D eigenvalue weighted by molar-refractivity contribution is 0.0329. The van der Waals surface area contributed by atoms with Crippen LogP contribution < -0.4 is 5.32 Å². The molecule has 1 fully saturated rings. The van der Waals surface area contributed by atoms with Crippen LogP contribution in [0.2, 0.25) is 10.0 Å². The van der Waals surface area contributed by atoms with E-state index in [4.69, 9.17) is 27.9 Å². The van der Waals surface area contributed by atoms with E-state index in [1.807, 2.05) is 19.1 Å². The number of nitrogens with one attached hydrogen (secondary N) is 1. The smallest absolute Gasteiger partial charge is 0.0641 e. The first-order chi connectivity index (χ1) is 7.60. The van der Waals surface area contributed by atoms with Crippen LogP contribution in [-0.2, 0) is 4.74 Å². The third-order valence-corrected chi connectivity index (χ3v) is 3.76. The molecule has 88 valence electrons. The van der Waals surface area contributed by atoms with Gasteiger partial charge < -0.3 is 10.1 Å². The summed E-state index contributed by atoms with van der Waals surface area (Å²) in [5.41, 5.74) is 1.91. The van der Waals surface area contributed by atoms with Gasteiger partial charge in [-0.3, -0.25) is 0 Å². The predicted octanol–water partition coefficient (Wildman–Crippen LogP) is 3.89. The van der Waals surface area contributed by atoms with Crippen molar-refractivity contribution in [2.45, 2.75) is 31.9 Å². The minimum Gasteiger partial charge on any atom is -0.381 e. The molecule has 2 nitrogen and oxygen atoms in total. The monoisotopic (exact) mass is 259 g/mol. The zero-order valence-electron chi connectivity index (χ0n) is 9.39. The fourth-order valence-corrected chi connectivity index (χ4v) is 2.29. The average Bonchev–Trinajstić information content (AvgIpc) is 2.18. The molecule has 0 saturated heterocycles. The number of rotatable bonds is 3. The average molecular weight is 260 g/mol. The fraction of sp³-hybridized carbons (Fsp3) is 0.500. The van der Waals surface area contributed by atoms with Gasteiger partial charge >= 0.3 is 0 Å². The minimum atomic E-state index is 0.386. The first-order valence-corrected chi connectivity index (χ1v) is 6.10. The van der Waals surface area contributed by atoms with E-state index in [-0.39, 0.29) is 0 Å². The molecule has 1 aliphatic rings. The number of aryl methyl sites for hydroxylation is 1. The van der Waals surface area contributed by atoms with Crippen LogP contribution in [0, 0.1) is 6.92 Å². The summed E-state index contributed by atoms with van der Waals surface area (Å²) in [4.78, 5) is 0. The summed E-state index contributed by atoms with van der Waals surface area (Å²) in [5.74, 6) is 0. The summed E-state index contributed by atoms with van der Waals surface area (Å²) in [6, 6.07) is 4.22. The number of hydrogen-bond donors (Lipinski definition) is 1. The number of ether oxygens (including phenoxy) is 1. The summed E-state index contributed by atoms with van der Waals surface area (Å²) in [5, 5.41) is 4.85. The van der Waals surface area contributed by atoms with Gasteiger partial charge in [-0.2, -0.15) is 0 Å². The molecule has 0 aromatic heterocycles. The summed E-state index contributed by atoms with van der Waals surface area (Å²) in [6.07, 6.45) is 2.44. The Balaban J connectivity index is 2.02. The summed E-state index contributed by atoms with van der Waals surface area (Å²) in [7, 11) is 1.75. The van der Waals surface area contributed by atoms with Crippen LogP contribution in [0.25, 0.3) is 0 Å². The van der Waals surface area contributed by atoms with Crippen LogP contribution in [0.5, 0.6) is 0 Å². The topological polar surface area (TPSA) is 21.3 Å². The first kappa shape index (κ1) is 12.0. The number of hydrogen-bond acceptors (Lipinski definition) is 2. The summed E-state index contributed by atoms with van der Waals surface area (Å²) < 4.78 is 5.23. The highest BCUT2D eigenvalue weighted by Crippen LogP contribution is 2.32. The maximum absolute atomic E-state index is 6.14. The third-order valence-electron chi connectivity index (χ3n) is 3.04. The molecular weight excluding hydrogens is 245 g/mol. The lowest BCUT2D eigenvalue weighted by atomic mass is 9.89. The van der Waals surface area contributed by atoms with Crippen molar-refractivity contribution in [2.75, 3.05) is 12.4 Å². The zero-order valence-corrected chi connectivity index (χ0v) is 10.9. The largest absolute Gasteiger partial charge is 0.381 e. The van der Waals surface area contributed by atoms with Crippen molar-refractivity contribution in [1.29, 1.82) is 0 Å². The molecule has 1 saturated carbocycles. The molecule has 0 aliphatic heterocycles. The molecule has 0 atom stereocenters. The summed E-state index contributed by atoms with van der Waals surface area (Å²) in [6.45, 7) is 1.95. The Hall–Kier alpha value is -0.440. The van der Waals surface area contributed by atoms with Crippen molar-refractivity contribution in [3.8, 4) is 0 Å². The highest BCUT2D eigenvalue weighted by molar-refractivity contribution is 6.35. The number of halogens is 2. The number of methoxy groups -OCH3 is 1. The van der Waals surface area contributed by atoms with E-state index < -0.39 is 0 Å². The second-order valence-electron chi connectivity index (χ2n) is 4.25. The van der Waals surface area contributed by atoms with Crippen molar-refractivity contribution in [2.24, 2.45) is 0 Å². The molecule has 0 bridgehead atoms. The van der Waals surface area contributed by atoms with Crippen LogP contribution in [0.15, 0.2) is 12.1 Å². The standard InChI is InChI=1S/C12H15Cl2NO/c1-7-3-11(14)12(6-10(7)13)15-8-4-9(5-8)16-2/h3,6,8-9,15H,4-5H2,1-2H3. The molecule has 1 aliphatic carbocycles. The Morgan fingerprint density at radius 2 is 1.94 bits per heavy atom. The van der Waals surface area contributed by atoms with Crippen LogP contribution in [-0.4, -0.2) is 19.3 Å². The molecule has 1 N–H and O–H groups in total. The Kier molecular flexibility index (Phi) is 3.63. The van der Waals surface area contributed by atoms with Crippen LogP contribution >= 0.6 is 23.2 Å². The Labute approximate surface area is 106 Å². The van der Waals surface area contributed by atoms with Gasteiger partial charge in [0.25, 0.3) is 0 Å². The lowest BCUT2D eigenvalue weighted by Gasteiger charge is -2.35. The van der Waals surface area contributed by atoms with E-state index in [1.54, 1.807) is 7.11 Å². The molecule has 4 heteroatoms. The molecule has 2 rings (SSSR count). The fourth-order valence-electron chi connectivity index (χ4n) is 1.85. The maximum atomic E-state index is 6.14. The Morgan fingerprint density at radius 1 is 1.25 bits per heavy atom. The second kappa shape index (κ2) is 4.82. The SMILES string of the molecule is COC1CC(Nc2cc(Cl)c(C)cc2Cl)C1. The molecule has 16 heavy (non-hydrogen) atoms. The molecule has 0 spiro atoms. The molecule has 1 aromatic rings. The van der Waals surface area contributed by atoms with E-state index in [1.165, 1.54) is 0 Å². The quantitative estimate of drug-likeness (QED) is 0.890. The third kappa shape index (κ3) is 2.45. The zero-order chi connectivity index (χ0) is 11.7. The molecule has 0 unspecified atom stereocenters. The molecule has 0 amide bonds. The van der Waals surface area contributed by atoms with Gasteiger partial charge in [-0.05, 0) is 37.5 Å². The number of benzene rings is 1. The predicted molar refractivity (Wildman–Crippen MR) is 68.6 cm³/mol. The van der Waals surface area contributed by atoms with E-state index in [0.717, 1.165) is 34.1 Å². The van der Waals surface area contributed by atoms with Crippen molar-refractivity contribution in [1.82, 2.24) is 0 Å². The van der Waals surface area contributed by atoms with Gasteiger partial charge in [0.2, 0.25) is 0 Å². The Bertz CT molecular complexity index is 389. The van der Waals surface area contributed by atoms with Gasteiger partial charge in [-0.25, -0.2) is 0 Å². The summed E-state index contributed by atoms with van der Waals surface area (Å²) >= 11 is 12.2. The minimum absolute atomic E-state index is 0.386. The highest BCUT2D eigenvalue weighted by Gasteiger charge is 2.29. The van der Waals surface area contributed by atoms with Gasteiger partial charge in [0.15, 0.2) is 0 Å². The van der Waals surface area contributed by atoms with Crippen molar-refractivity contribution in [3.05, 3.63) is 27.7 Å². The van der Waals surface area contributed by atoms with E-state index >= 15 is 0 Å². The van der Waals surface area contributed by atoms with Crippen molar-refractivity contribution >= 4 is 28.9 Å². The van der Waals surface area contributed by atoms with E-state index in [0.29, 0.717) is 12.1 Å². The lowest BCUT2D eigenvalue weighted by Crippen LogP contribution is -2.40. The molecular formula is C12H15Cl2NO.